The van der Waals surface area contributed by atoms with Crippen LogP contribution in [0.25, 0.3) is 0 Å². The van der Waals surface area contributed by atoms with E-state index in [9.17, 15) is 14.4 Å². The van der Waals surface area contributed by atoms with Crippen molar-refractivity contribution in [2.75, 3.05) is 20.1 Å². The molecule has 19 heavy (non-hydrogen) atoms. The van der Waals surface area contributed by atoms with E-state index in [4.69, 9.17) is 10.8 Å². The number of rotatable bonds is 6. The lowest BCUT2D eigenvalue weighted by Crippen LogP contribution is -2.44. The molecule has 0 spiro atoms. The third kappa shape index (κ3) is 8.01. The summed E-state index contributed by atoms with van der Waals surface area (Å²) in [5, 5.41) is 11.6. The summed E-state index contributed by atoms with van der Waals surface area (Å²) >= 11 is 0. The second kappa shape index (κ2) is 6.96. The SMILES string of the molecule is CN(CC(N)=O)C(=O)NCC(CC(C)(C)C)C(=O)O. The summed E-state index contributed by atoms with van der Waals surface area (Å²) in [5.74, 6) is -2.24. The minimum atomic E-state index is -0.951. The first-order chi connectivity index (χ1) is 8.53. The second-order valence-electron chi connectivity index (χ2n) is 5.81. The van der Waals surface area contributed by atoms with Crippen LogP contribution in [0.4, 0.5) is 4.79 Å². The van der Waals surface area contributed by atoms with E-state index in [2.05, 4.69) is 5.32 Å². The van der Waals surface area contributed by atoms with Crippen molar-refractivity contribution in [3.8, 4) is 0 Å². The number of nitrogens with zero attached hydrogens (tertiary/aromatic N) is 1. The quantitative estimate of drug-likeness (QED) is 0.643. The Kier molecular flexibility index (Phi) is 6.31. The number of aliphatic carboxylic acids is 1. The van der Waals surface area contributed by atoms with Crippen molar-refractivity contribution in [2.45, 2.75) is 27.2 Å². The van der Waals surface area contributed by atoms with Gasteiger partial charge in [0.1, 0.15) is 6.54 Å². The zero-order valence-corrected chi connectivity index (χ0v) is 11.9. The minimum Gasteiger partial charge on any atom is -0.481 e. The molecule has 0 aromatic carbocycles. The molecule has 0 aliphatic carbocycles. The number of nitrogens with one attached hydrogen (secondary N) is 1. The van der Waals surface area contributed by atoms with Gasteiger partial charge in [-0.2, -0.15) is 0 Å². The lowest BCUT2D eigenvalue weighted by molar-refractivity contribution is -0.142. The fraction of sp³-hybridized carbons (Fsp3) is 0.750. The Hall–Kier alpha value is -1.79. The van der Waals surface area contributed by atoms with Crippen LogP contribution in [-0.2, 0) is 9.59 Å². The van der Waals surface area contributed by atoms with Gasteiger partial charge in [0.2, 0.25) is 5.91 Å². The summed E-state index contributed by atoms with van der Waals surface area (Å²) in [7, 11) is 1.42. The number of amides is 3. The number of carbonyl (C=O) groups is 3. The van der Waals surface area contributed by atoms with E-state index < -0.39 is 23.8 Å². The number of likely N-dealkylation sites (N-methyl/N-ethyl adjacent to an activating group) is 1. The van der Waals surface area contributed by atoms with Gasteiger partial charge in [-0.1, -0.05) is 20.8 Å². The highest BCUT2D eigenvalue weighted by Crippen LogP contribution is 2.24. The van der Waals surface area contributed by atoms with Crippen LogP contribution in [0.3, 0.4) is 0 Å². The predicted octanol–water partition coefficient (Wildman–Crippen LogP) is 0.250. The van der Waals surface area contributed by atoms with E-state index in [0.717, 1.165) is 4.90 Å². The topological polar surface area (TPSA) is 113 Å². The highest BCUT2D eigenvalue weighted by molar-refractivity contribution is 5.83. The lowest BCUT2D eigenvalue weighted by atomic mass is 9.84. The normalized spacial score (nSPS) is 12.6. The summed E-state index contributed by atoms with van der Waals surface area (Å²) in [5.41, 5.74) is 4.82. The van der Waals surface area contributed by atoms with Crippen LogP contribution in [0, 0.1) is 11.3 Å². The Morgan fingerprint density at radius 2 is 1.84 bits per heavy atom. The minimum absolute atomic E-state index is 0.0224. The van der Waals surface area contributed by atoms with E-state index >= 15 is 0 Å². The molecule has 1 atom stereocenters. The third-order valence-electron chi connectivity index (χ3n) is 2.45. The van der Waals surface area contributed by atoms with E-state index in [1.807, 2.05) is 20.8 Å². The van der Waals surface area contributed by atoms with Crippen LogP contribution < -0.4 is 11.1 Å². The first-order valence-corrected chi connectivity index (χ1v) is 6.03. The number of hydrogen-bond donors (Lipinski definition) is 3. The number of carboxylic acid groups (broad SMARTS) is 1. The molecule has 0 saturated heterocycles. The number of hydrogen-bond acceptors (Lipinski definition) is 3. The van der Waals surface area contributed by atoms with E-state index in [0.29, 0.717) is 6.42 Å². The largest absolute Gasteiger partial charge is 0.481 e. The van der Waals surface area contributed by atoms with Crippen LogP contribution in [0.1, 0.15) is 27.2 Å². The van der Waals surface area contributed by atoms with Crippen molar-refractivity contribution in [2.24, 2.45) is 17.1 Å². The monoisotopic (exact) mass is 273 g/mol. The van der Waals surface area contributed by atoms with Crippen LogP contribution in [0.5, 0.6) is 0 Å². The Bertz CT molecular complexity index is 349. The maximum absolute atomic E-state index is 11.6. The molecular weight excluding hydrogens is 250 g/mol. The predicted molar refractivity (Wildman–Crippen MR) is 70.4 cm³/mol. The number of carbonyl (C=O) groups excluding carboxylic acids is 2. The van der Waals surface area contributed by atoms with Gasteiger partial charge in [0.05, 0.1) is 5.92 Å². The molecule has 0 bridgehead atoms. The summed E-state index contributed by atoms with van der Waals surface area (Å²) in [6, 6.07) is -0.515. The highest BCUT2D eigenvalue weighted by atomic mass is 16.4. The number of carboxylic acids is 1. The van der Waals surface area contributed by atoms with Crippen molar-refractivity contribution >= 4 is 17.9 Å². The first-order valence-electron chi connectivity index (χ1n) is 6.03. The average Bonchev–Trinajstić information content (AvgIpc) is 2.20. The van der Waals surface area contributed by atoms with Gasteiger partial charge in [0.15, 0.2) is 0 Å². The number of urea groups is 1. The molecule has 1 unspecified atom stereocenters. The van der Waals surface area contributed by atoms with Crippen molar-refractivity contribution in [3.63, 3.8) is 0 Å². The van der Waals surface area contributed by atoms with Crippen LogP contribution in [0.2, 0.25) is 0 Å². The molecule has 4 N–H and O–H groups in total. The average molecular weight is 273 g/mol. The zero-order chi connectivity index (χ0) is 15.2. The molecule has 0 aromatic heterocycles. The standard InChI is InChI=1S/C12H23N3O4/c1-12(2,3)5-8(10(17)18)6-14-11(19)15(4)7-9(13)16/h8H,5-7H2,1-4H3,(H2,13,16)(H,14,19)(H,17,18). The van der Waals surface area contributed by atoms with Crippen molar-refractivity contribution in [1.29, 1.82) is 0 Å². The van der Waals surface area contributed by atoms with Gasteiger partial charge in [0.25, 0.3) is 0 Å². The van der Waals surface area contributed by atoms with Crippen LogP contribution in [-0.4, -0.2) is 48.1 Å². The highest BCUT2D eigenvalue weighted by Gasteiger charge is 2.25. The van der Waals surface area contributed by atoms with Crippen LogP contribution in [0.15, 0.2) is 0 Å². The van der Waals surface area contributed by atoms with Crippen LogP contribution >= 0.6 is 0 Å². The van der Waals surface area contributed by atoms with Gasteiger partial charge in [-0.15, -0.1) is 0 Å². The van der Waals surface area contributed by atoms with Gasteiger partial charge in [0, 0.05) is 13.6 Å². The molecule has 0 fully saturated rings. The molecule has 0 aromatic rings. The third-order valence-corrected chi connectivity index (χ3v) is 2.45. The molecule has 7 heteroatoms. The van der Waals surface area contributed by atoms with Gasteiger partial charge in [-0.05, 0) is 11.8 Å². The zero-order valence-electron chi connectivity index (χ0n) is 11.9. The molecule has 7 nitrogen and oxygen atoms in total. The fourth-order valence-corrected chi connectivity index (χ4v) is 1.64. The lowest BCUT2D eigenvalue weighted by Gasteiger charge is -2.24. The summed E-state index contributed by atoms with van der Waals surface area (Å²) in [6.07, 6.45) is 0.447. The first kappa shape index (κ1) is 17.2. The van der Waals surface area contributed by atoms with Gasteiger partial charge in [-0.25, -0.2) is 4.79 Å². The van der Waals surface area contributed by atoms with E-state index in [1.54, 1.807) is 0 Å². The number of nitrogens with two attached hydrogens (primary N) is 1. The van der Waals surface area contributed by atoms with Crippen molar-refractivity contribution in [3.05, 3.63) is 0 Å². The second-order valence-corrected chi connectivity index (χ2v) is 5.81. The summed E-state index contributed by atoms with van der Waals surface area (Å²) in [4.78, 5) is 34.4. The molecule has 0 heterocycles. The molecule has 110 valence electrons. The van der Waals surface area contributed by atoms with Gasteiger partial charge < -0.3 is 21.1 Å². The smallest absolute Gasteiger partial charge is 0.317 e. The van der Waals surface area contributed by atoms with Crippen molar-refractivity contribution in [1.82, 2.24) is 10.2 Å². The van der Waals surface area contributed by atoms with E-state index in [1.165, 1.54) is 7.05 Å². The Balaban J connectivity index is 4.37. The maximum atomic E-state index is 11.6. The Morgan fingerprint density at radius 3 is 2.21 bits per heavy atom. The molecule has 0 rings (SSSR count). The van der Waals surface area contributed by atoms with E-state index in [-0.39, 0.29) is 18.5 Å². The number of primary amides is 1. The van der Waals surface area contributed by atoms with Gasteiger partial charge in [-0.3, -0.25) is 9.59 Å². The van der Waals surface area contributed by atoms with Gasteiger partial charge >= 0.3 is 12.0 Å². The summed E-state index contributed by atoms with van der Waals surface area (Å²) < 4.78 is 0. The molecule has 0 aliphatic heterocycles. The van der Waals surface area contributed by atoms with Crippen molar-refractivity contribution < 1.29 is 19.5 Å². The molecular formula is C12H23N3O4. The maximum Gasteiger partial charge on any atom is 0.317 e. The Morgan fingerprint density at radius 1 is 1.32 bits per heavy atom. The fourth-order valence-electron chi connectivity index (χ4n) is 1.64. The molecule has 0 radical (unpaired) electrons. The molecule has 0 saturated carbocycles. The molecule has 3 amide bonds. The summed E-state index contributed by atoms with van der Waals surface area (Å²) in [6.45, 7) is 5.62. The Labute approximate surface area is 113 Å². The molecule has 0 aliphatic rings.